The third-order valence-corrected chi connectivity index (χ3v) is 5.81. The summed E-state index contributed by atoms with van der Waals surface area (Å²) in [7, 11) is 0. The zero-order valence-corrected chi connectivity index (χ0v) is 14.6. The highest BCUT2D eigenvalue weighted by molar-refractivity contribution is 5.94. The van der Waals surface area contributed by atoms with Gasteiger partial charge in [-0.1, -0.05) is 12.1 Å². The average molecular weight is 342 g/mol. The maximum Gasteiger partial charge on any atom is 0.321 e. The van der Waals surface area contributed by atoms with E-state index in [2.05, 4.69) is 15.5 Å². The minimum Gasteiger partial charge on any atom is -0.342 e. The maximum atomic E-state index is 12.7. The zero-order chi connectivity index (χ0) is 17.3. The molecule has 3 amide bonds. The van der Waals surface area contributed by atoms with Gasteiger partial charge in [-0.05, 0) is 43.5 Å². The molecule has 3 saturated heterocycles. The van der Waals surface area contributed by atoms with Gasteiger partial charge in [0.05, 0.1) is 6.42 Å². The van der Waals surface area contributed by atoms with E-state index < -0.39 is 0 Å². The van der Waals surface area contributed by atoms with Gasteiger partial charge in [0, 0.05) is 43.8 Å². The molecule has 0 radical (unpaired) electrons. The second kappa shape index (κ2) is 6.67. The molecule has 0 aromatic heterocycles. The van der Waals surface area contributed by atoms with Crippen LogP contribution >= 0.6 is 0 Å². The van der Waals surface area contributed by atoms with E-state index in [1.54, 1.807) is 4.90 Å². The van der Waals surface area contributed by atoms with Crippen molar-refractivity contribution in [3.63, 3.8) is 0 Å². The SMILES string of the molecule is O=C(Cc1ccc(N2CCNC2=O)cc1)N1CCC[C@@]2(CCNC2)C1. The number of nitrogens with one attached hydrogen (secondary N) is 2. The molecule has 1 aromatic rings. The van der Waals surface area contributed by atoms with Crippen LogP contribution in [0.25, 0.3) is 0 Å². The van der Waals surface area contributed by atoms with Crippen molar-refractivity contribution in [3.8, 4) is 0 Å². The highest BCUT2D eigenvalue weighted by Gasteiger charge is 2.39. The first-order chi connectivity index (χ1) is 12.2. The number of carbonyl (C=O) groups is 2. The second-order valence-electron chi connectivity index (χ2n) is 7.57. The quantitative estimate of drug-likeness (QED) is 0.872. The first kappa shape index (κ1) is 16.4. The van der Waals surface area contributed by atoms with Gasteiger partial charge in [0.15, 0.2) is 0 Å². The fourth-order valence-electron chi connectivity index (χ4n) is 4.36. The molecule has 3 fully saturated rings. The van der Waals surface area contributed by atoms with Crippen LogP contribution in [0.5, 0.6) is 0 Å². The van der Waals surface area contributed by atoms with E-state index >= 15 is 0 Å². The Morgan fingerprint density at radius 2 is 1.96 bits per heavy atom. The molecule has 0 unspecified atom stereocenters. The summed E-state index contributed by atoms with van der Waals surface area (Å²) in [5.41, 5.74) is 2.21. The number of benzene rings is 1. The van der Waals surface area contributed by atoms with Crippen molar-refractivity contribution in [3.05, 3.63) is 29.8 Å². The van der Waals surface area contributed by atoms with E-state index in [0.717, 1.165) is 43.9 Å². The fraction of sp³-hybridized carbons (Fsp3) is 0.579. The van der Waals surface area contributed by atoms with Crippen LogP contribution in [0.15, 0.2) is 24.3 Å². The minimum atomic E-state index is -0.0485. The van der Waals surface area contributed by atoms with Gasteiger partial charge in [-0.15, -0.1) is 0 Å². The zero-order valence-electron chi connectivity index (χ0n) is 14.6. The molecule has 134 valence electrons. The van der Waals surface area contributed by atoms with Gasteiger partial charge in [-0.2, -0.15) is 0 Å². The summed E-state index contributed by atoms with van der Waals surface area (Å²) in [5.74, 6) is 0.220. The monoisotopic (exact) mass is 342 g/mol. The third kappa shape index (κ3) is 3.35. The molecular formula is C19H26N4O2. The van der Waals surface area contributed by atoms with Gasteiger partial charge in [0.2, 0.25) is 5.91 Å². The Labute approximate surface area is 148 Å². The molecule has 0 bridgehead atoms. The van der Waals surface area contributed by atoms with Crippen molar-refractivity contribution in [1.29, 1.82) is 0 Å². The van der Waals surface area contributed by atoms with Gasteiger partial charge in [0.1, 0.15) is 0 Å². The molecule has 1 spiro atoms. The van der Waals surface area contributed by atoms with Crippen molar-refractivity contribution < 1.29 is 9.59 Å². The topological polar surface area (TPSA) is 64.7 Å². The first-order valence-corrected chi connectivity index (χ1v) is 9.28. The van der Waals surface area contributed by atoms with Gasteiger partial charge in [0.25, 0.3) is 0 Å². The number of nitrogens with zero attached hydrogens (tertiary/aromatic N) is 2. The summed E-state index contributed by atoms with van der Waals surface area (Å²) < 4.78 is 0. The predicted octanol–water partition coefficient (Wildman–Crippen LogP) is 1.36. The Morgan fingerprint density at radius 3 is 2.64 bits per heavy atom. The highest BCUT2D eigenvalue weighted by atomic mass is 16.2. The van der Waals surface area contributed by atoms with Crippen LogP contribution in [0.3, 0.4) is 0 Å². The van der Waals surface area contributed by atoms with Crippen molar-refractivity contribution >= 4 is 17.6 Å². The van der Waals surface area contributed by atoms with Crippen LogP contribution in [0, 0.1) is 5.41 Å². The molecule has 6 nitrogen and oxygen atoms in total. The number of urea groups is 1. The summed E-state index contributed by atoms with van der Waals surface area (Å²) in [6.07, 6.45) is 3.96. The number of hydrogen-bond acceptors (Lipinski definition) is 3. The van der Waals surface area contributed by atoms with Gasteiger partial charge in [-0.25, -0.2) is 4.79 Å². The number of likely N-dealkylation sites (tertiary alicyclic amines) is 1. The molecule has 0 saturated carbocycles. The standard InChI is InChI=1S/C19H26N4O2/c24-17(22-10-1-6-19(14-22)7-8-20-13-19)12-15-2-4-16(5-3-15)23-11-9-21-18(23)25/h2-5,20H,1,6-14H2,(H,21,25)/t19-/m0/s1. The van der Waals surface area contributed by atoms with Crippen LogP contribution < -0.4 is 15.5 Å². The predicted molar refractivity (Wildman–Crippen MR) is 96.6 cm³/mol. The van der Waals surface area contributed by atoms with Crippen molar-refractivity contribution in [2.24, 2.45) is 5.41 Å². The van der Waals surface area contributed by atoms with E-state index in [4.69, 9.17) is 0 Å². The molecule has 3 aliphatic rings. The fourth-order valence-corrected chi connectivity index (χ4v) is 4.36. The van der Waals surface area contributed by atoms with E-state index in [0.29, 0.717) is 24.9 Å². The maximum absolute atomic E-state index is 12.7. The Morgan fingerprint density at radius 1 is 1.12 bits per heavy atom. The second-order valence-corrected chi connectivity index (χ2v) is 7.57. The summed E-state index contributed by atoms with van der Waals surface area (Å²) in [5, 5.41) is 6.26. The molecule has 3 aliphatic heterocycles. The van der Waals surface area contributed by atoms with Crippen molar-refractivity contribution in [1.82, 2.24) is 15.5 Å². The first-order valence-electron chi connectivity index (χ1n) is 9.28. The Hall–Kier alpha value is -2.08. The van der Waals surface area contributed by atoms with E-state index in [-0.39, 0.29) is 11.9 Å². The van der Waals surface area contributed by atoms with E-state index in [1.165, 1.54) is 12.8 Å². The van der Waals surface area contributed by atoms with E-state index in [1.807, 2.05) is 24.3 Å². The Balaban J connectivity index is 1.38. The molecule has 3 heterocycles. The number of anilines is 1. The number of carbonyl (C=O) groups excluding carboxylic acids is 2. The molecule has 25 heavy (non-hydrogen) atoms. The molecule has 4 rings (SSSR count). The number of piperidine rings is 1. The Kier molecular flexibility index (Phi) is 4.37. The summed E-state index contributed by atoms with van der Waals surface area (Å²) in [6.45, 7) is 5.28. The highest BCUT2D eigenvalue weighted by Crippen LogP contribution is 2.35. The molecule has 6 heteroatoms. The molecular weight excluding hydrogens is 316 g/mol. The number of hydrogen-bond donors (Lipinski definition) is 2. The molecule has 1 aromatic carbocycles. The van der Waals surface area contributed by atoms with Crippen LogP contribution in [-0.4, -0.2) is 56.1 Å². The van der Waals surface area contributed by atoms with Crippen molar-refractivity contribution in [2.75, 3.05) is 44.2 Å². The van der Waals surface area contributed by atoms with Crippen LogP contribution in [0.1, 0.15) is 24.8 Å². The van der Waals surface area contributed by atoms with Crippen molar-refractivity contribution in [2.45, 2.75) is 25.7 Å². The molecule has 1 atom stereocenters. The smallest absolute Gasteiger partial charge is 0.321 e. The lowest BCUT2D eigenvalue weighted by Crippen LogP contribution is -2.47. The number of rotatable bonds is 3. The Bertz CT molecular complexity index is 652. The normalized spacial score (nSPS) is 26.3. The van der Waals surface area contributed by atoms with E-state index in [9.17, 15) is 9.59 Å². The minimum absolute atomic E-state index is 0.0485. The third-order valence-electron chi connectivity index (χ3n) is 5.81. The lowest BCUT2D eigenvalue weighted by Gasteiger charge is -2.40. The van der Waals surface area contributed by atoms with Gasteiger partial charge in [-0.3, -0.25) is 9.69 Å². The molecule has 0 aliphatic carbocycles. The van der Waals surface area contributed by atoms with Crippen LogP contribution in [0.4, 0.5) is 10.5 Å². The lowest BCUT2D eigenvalue weighted by atomic mass is 9.79. The van der Waals surface area contributed by atoms with Gasteiger partial charge >= 0.3 is 6.03 Å². The summed E-state index contributed by atoms with van der Waals surface area (Å²) in [4.78, 5) is 28.2. The lowest BCUT2D eigenvalue weighted by molar-refractivity contribution is -0.133. The largest absolute Gasteiger partial charge is 0.342 e. The average Bonchev–Trinajstić information content (AvgIpc) is 3.25. The number of amides is 3. The summed E-state index contributed by atoms with van der Waals surface area (Å²) in [6, 6.07) is 7.76. The van der Waals surface area contributed by atoms with Crippen LogP contribution in [-0.2, 0) is 11.2 Å². The molecule has 2 N–H and O–H groups in total. The van der Waals surface area contributed by atoms with Gasteiger partial charge < -0.3 is 15.5 Å². The summed E-state index contributed by atoms with van der Waals surface area (Å²) >= 11 is 0. The van der Waals surface area contributed by atoms with Crippen LogP contribution in [0.2, 0.25) is 0 Å².